The molecule has 1 heterocycles. The molecule has 3 aromatic rings. The molecule has 0 saturated heterocycles. The van der Waals surface area contributed by atoms with E-state index in [1.165, 1.54) is 0 Å². The second-order valence-corrected chi connectivity index (χ2v) is 7.53. The van der Waals surface area contributed by atoms with Crippen LogP contribution in [-0.2, 0) is 16.1 Å². The molecular weight excluding hydrogens is 454 g/mol. The van der Waals surface area contributed by atoms with Gasteiger partial charge in [0.25, 0.3) is 11.8 Å². The van der Waals surface area contributed by atoms with E-state index in [0.29, 0.717) is 11.5 Å². The lowest BCUT2D eigenvalue weighted by Gasteiger charge is -2.11. The van der Waals surface area contributed by atoms with Crippen molar-refractivity contribution in [3.63, 3.8) is 0 Å². The first-order valence-electron chi connectivity index (χ1n) is 9.19. The molecular formula is C21H20BrN3O5. The molecule has 0 saturated carbocycles. The number of nitrogens with one attached hydrogen (secondary N) is 1. The lowest BCUT2D eigenvalue weighted by molar-refractivity contribution is -0.118. The van der Waals surface area contributed by atoms with Crippen molar-refractivity contribution in [3.05, 3.63) is 70.3 Å². The average molecular weight is 474 g/mol. The summed E-state index contributed by atoms with van der Waals surface area (Å²) in [5.41, 5.74) is 0.831. The van der Waals surface area contributed by atoms with Crippen molar-refractivity contribution in [1.29, 1.82) is 0 Å². The van der Waals surface area contributed by atoms with Crippen LogP contribution in [0.15, 0.2) is 57.5 Å². The number of anilines is 1. The van der Waals surface area contributed by atoms with Gasteiger partial charge in [-0.05, 0) is 36.4 Å². The van der Waals surface area contributed by atoms with E-state index in [4.69, 9.17) is 14.0 Å². The lowest BCUT2D eigenvalue weighted by atomic mass is 10.2. The Labute approximate surface area is 181 Å². The van der Waals surface area contributed by atoms with Gasteiger partial charge >= 0.3 is 5.97 Å². The summed E-state index contributed by atoms with van der Waals surface area (Å²) < 4.78 is 16.7. The summed E-state index contributed by atoms with van der Waals surface area (Å²) in [6, 6.07) is 13.7. The minimum absolute atomic E-state index is 0.107. The second kappa shape index (κ2) is 10.0. The van der Waals surface area contributed by atoms with Crippen molar-refractivity contribution >= 4 is 33.5 Å². The molecule has 0 radical (unpaired) electrons. The van der Waals surface area contributed by atoms with Crippen molar-refractivity contribution < 1.29 is 23.6 Å². The van der Waals surface area contributed by atoms with Crippen LogP contribution in [0.4, 0.5) is 5.69 Å². The zero-order valence-electron chi connectivity index (χ0n) is 16.4. The van der Waals surface area contributed by atoms with Gasteiger partial charge in [-0.15, -0.1) is 0 Å². The molecule has 0 spiro atoms. The van der Waals surface area contributed by atoms with Crippen molar-refractivity contribution in [2.24, 2.45) is 0 Å². The zero-order valence-corrected chi connectivity index (χ0v) is 18.0. The van der Waals surface area contributed by atoms with Gasteiger partial charge in [-0.25, -0.2) is 4.79 Å². The van der Waals surface area contributed by atoms with Crippen LogP contribution in [0.2, 0.25) is 0 Å². The molecule has 0 aliphatic heterocycles. The van der Waals surface area contributed by atoms with Gasteiger partial charge in [0.15, 0.2) is 19.0 Å². The van der Waals surface area contributed by atoms with E-state index < -0.39 is 5.97 Å². The molecule has 9 heteroatoms. The number of carbonyl (C=O) groups is 2. The third-order valence-electron chi connectivity index (χ3n) is 3.92. The third kappa shape index (κ3) is 5.90. The number of amides is 1. The van der Waals surface area contributed by atoms with Gasteiger partial charge in [0.2, 0.25) is 0 Å². The number of benzene rings is 2. The zero-order chi connectivity index (χ0) is 21.5. The normalized spacial score (nSPS) is 10.7. The maximum atomic E-state index is 12.5. The largest absolute Gasteiger partial charge is 0.483 e. The van der Waals surface area contributed by atoms with Crippen LogP contribution in [0.5, 0.6) is 5.75 Å². The fraction of sp³-hybridized carbons (Fsp3) is 0.238. The molecule has 0 aliphatic rings. The first-order valence-corrected chi connectivity index (χ1v) is 9.98. The number of carbonyl (C=O) groups excluding carboxylic acids is 2. The lowest BCUT2D eigenvalue weighted by Crippen LogP contribution is -2.21. The minimum atomic E-state index is -0.622. The molecule has 0 bridgehead atoms. The van der Waals surface area contributed by atoms with Crippen LogP contribution in [0.1, 0.15) is 41.8 Å². The maximum Gasteiger partial charge on any atom is 0.342 e. The molecule has 3 rings (SSSR count). The van der Waals surface area contributed by atoms with E-state index in [2.05, 4.69) is 31.4 Å². The first kappa shape index (κ1) is 21.5. The van der Waals surface area contributed by atoms with E-state index in [-0.39, 0.29) is 42.2 Å². The van der Waals surface area contributed by atoms with Crippen LogP contribution in [0.3, 0.4) is 0 Å². The minimum Gasteiger partial charge on any atom is -0.483 e. The topological polar surface area (TPSA) is 104 Å². The van der Waals surface area contributed by atoms with Crippen LogP contribution >= 0.6 is 15.9 Å². The molecule has 0 aliphatic carbocycles. The fourth-order valence-corrected chi connectivity index (χ4v) is 2.67. The second-order valence-electron chi connectivity index (χ2n) is 6.62. The van der Waals surface area contributed by atoms with Gasteiger partial charge in [-0.2, -0.15) is 4.98 Å². The van der Waals surface area contributed by atoms with Gasteiger partial charge < -0.3 is 19.3 Å². The number of nitrogens with zero attached hydrogens (tertiary/aromatic N) is 2. The van der Waals surface area contributed by atoms with Crippen molar-refractivity contribution in [3.8, 4) is 5.75 Å². The van der Waals surface area contributed by atoms with Crippen LogP contribution in [0.25, 0.3) is 0 Å². The number of para-hydroxylation sites is 1. The molecule has 2 aromatic carbocycles. The Kier molecular flexibility index (Phi) is 7.18. The molecule has 0 unspecified atom stereocenters. The van der Waals surface area contributed by atoms with Crippen molar-refractivity contribution in [1.82, 2.24) is 10.1 Å². The SMILES string of the molecule is CC(C)c1noc(COC(=O)c2ccccc2OCC(=O)Nc2ccc(Br)cc2)n1. The highest BCUT2D eigenvalue weighted by Gasteiger charge is 2.17. The van der Waals surface area contributed by atoms with Crippen LogP contribution in [-0.4, -0.2) is 28.6 Å². The highest BCUT2D eigenvalue weighted by atomic mass is 79.9. The number of rotatable bonds is 8. The number of hydrogen-bond acceptors (Lipinski definition) is 7. The summed E-state index contributed by atoms with van der Waals surface area (Å²) >= 11 is 3.33. The van der Waals surface area contributed by atoms with E-state index >= 15 is 0 Å². The number of aromatic nitrogens is 2. The van der Waals surface area contributed by atoms with Gasteiger partial charge in [0.05, 0.1) is 0 Å². The molecule has 1 aromatic heterocycles. The number of halogens is 1. The number of esters is 1. The molecule has 30 heavy (non-hydrogen) atoms. The highest BCUT2D eigenvalue weighted by molar-refractivity contribution is 9.10. The Morgan fingerprint density at radius 1 is 1.13 bits per heavy atom. The Balaban J connectivity index is 1.57. The maximum absolute atomic E-state index is 12.5. The molecule has 0 fully saturated rings. The summed E-state index contributed by atoms with van der Waals surface area (Å²) in [6.45, 7) is 3.45. The van der Waals surface area contributed by atoms with E-state index in [9.17, 15) is 9.59 Å². The third-order valence-corrected chi connectivity index (χ3v) is 4.45. The molecule has 156 valence electrons. The standard InChI is InChI=1S/C21H20BrN3O5/c1-13(2)20-24-19(30-25-20)12-29-21(27)16-5-3-4-6-17(16)28-11-18(26)23-15-9-7-14(22)8-10-15/h3-10,13H,11-12H2,1-2H3,(H,23,26). The quantitative estimate of drug-likeness (QED) is 0.485. The Bertz CT molecular complexity index is 1020. The Morgan fingerprint density at radius 2 is 1.87 bits per heavy atom. The van der Waals surface area contributed by atoms with E-state index in [0.717, 1.165) is 4.47 Å². The fourth-order valence-electron chi connectivity index (χ4n) is 2.40. The smallest absolute Gasteiger partial charge is 0.342 e. The van der Waals surface area contributed by atoms with Crippen LogP contribution in [0, 0.1) is 0 Å². The van der Waals surface area contributed by atoms with Crippen molar-refractivity contribution in [2.75, 3.05) is 11.9 Å². The van der Waals surface area contributed by atoms with Crippen LogP contribution < -0.4 is 10.1 Å². The van der Waals surface area contributed by atoms with Gasteiger partial charge in [0, 0.05) is 16.1 Å². The number of ether oxygens (including phenoxy) is 2. The van der Waals surface area contributed by atoms with E-state index in [1.54, 1.807) is 36.4 Å². The molecule has 1 N–H and O–H groups in total. The van der Waals surface area contributed by atoms with Gasteiger partial charge in [-0.1, -0.05) is 47.1 Å². The first-order chi connectivity index (χ1) is 14.4. The molecule has 8 nitrogen and oxygen atoms in total. The summed E-state index contributed by atoms with van der Waals surface area (Å²) in [7, 11) is 0. The van der Waals surface area contributed by atoms with Crippen molar-refractivity contribution in [2.45, 2.75) is 26.4 Å². The number of hydrogen-bond donors (Lipinski definition) is 1. The van der Waals surface area contributed by atoms with E-state index in [1.807, 2.05) is 26.0 Å². The Morgan fingerprint density at radius 3 is 2.57 bits per heavy atom. The summed E-state index contributed by atoms with van der Waals surface area (Å²) in [5.74, 6) is 0.120. The average Bonchev–Trinajstić information content (AvgIpc) is 3.22. The summed E-state index contributed by atoms with van der Waals surface area (Å²) in [5, 5.41) is 6.54. The summed E-state index contributed by atoms with van der Waals surface area (Å²) in [4.78, 5) is 28.7. The Hall–Kier alpha value is -3.20. The van der Waals surface area contributed by atoms with Gasteiger partial charge in [0.1, 0.15) is 11.3 Å². The predicted octanol–water partition coefficient (Wildman–Crippen LogP) is 4.33. The molecule has 0 atom stereocenters. The monoisotopic (exact) mass is 473 g/mol. The van der Waals surface area contributed by atoms with Gasteiger partial charge in [-0.3, -0.25) is 4.79 Å². The predicted molar refractivity (Wildman–Crippen MR) is 112 cm³/mol. The summed E-state index contributed by atoms with van der Waals surface area (Å²) in [6.07, 6.45) is 0. The molecule has 1 amide bonds. The highest BCUT2D eigenvalue weighted by Crippen LogP contribution is 2.20.